The number of hydrogen-bond acceptors (Lipinski definition) is 5. The molecule has 0 atom stereocenters. The lowest BCUT2D eigenvalue weighted by molar-refractivity contribution is 0.434. The van der Waals surface area contributed by atoms with E-state index in [1.165, 1.54) is 36.9 Å². The molecule has 2 aliphatic rings. The number of piperidine rings is 1. The van der Waals surface area contributed by atoms with Gasteiger partial charge in [0, 0.05) is 18.7 Å². The van der Waals surface area contributed by atoms with E-state index < -0.39 is 0 Å². The van der Waals surface area contributed by atoms with Gasteiger partial charge < -0.3 is 10.3 Å². The molecule has 0 unspecified atom stereocenters. The molecule has 0 spiro atoms. The number of nitrogens with two attached hydrogens (primary N) is 1. The lowest BCUT2D eigenvalue weighted by Gasteiger charge is -2.31. The Morgan fingerprint density at radius 1 is 1.16 bits per heavy atom. The van der Waals surface area contributed by atoms with Gasteiger partial charge in [-0.05, 0) is 44.4 Å². The van der Waals surface area contributed by atoms with Gasteiger partial charge in [-0.25, -0.2) is 10.8 Å². The summed E-state index contributed by atoms with van der Waals surface area (Å²) in [5.41, 5.74) is 5.19. The topological polar surface area (TPSA) is 67.1 Å². The van der Waals surface area contributed by atoms with E-state index in [4.69, 9.17) is 10.8 Å². The van der Waals surface area contributed by atoms with Crippen molar-refractivity contribution in [3.63, 3.8) is 0 Å². The van der Waals surface area contributed by atoms with E-state index in [-0.39, 0.29) is 0 Å². The molecule has 1 saturated heterocycles. The fourth-order valence-electron chi connectivity index (χ4n) is 3.05. The highest BCUT2D eigenvalue weighted by molar-refractivity contribution is 5.51. The third-order valence-corrected chi connectivity index (χ3v) is 4.37. The monoisotopic (exact) mass is 261 g/mol. The van der Waals surface area contributed by atoms with Crippen LogP contribution in [-0.2, 0) is 12.8 Å². The van der Waals surface area contributed by atoms with Crippen molar-refractivity contribution in [2.24, 2.45) is 11.8 Å². The maximum absolute atomic E-state index is 5.64. The molecule has 2 heterocycles. The Balaban J connectivity index is 1.89. The number of fused-ring (bicyclic) bond motifs is 1. The highest BCUT2D eigenvalue weighted by Gasteiger charge is 2.22. The Labute approximate surface area is 114 Å². The number of hydrazine groups is 1. The number of aromatic nitrogens is 2. The van der Waals surface area contributed by atoms with Crippen LogP contribution in [0.4, 0.5) is 11.8 Å². The van der Waals surface area contributed by atoms with Crippen molar-refractivity contribution in [1.82, 2.24) is 9.97 Å². The van der Waals surface area contributed by atoms with E-state index in [1.807, 2.05) is 0 Å². The van der Waals surface area contributed by atoms with Crippen LogP contribution in [0.5, 0.6) is 0 Å². The summed E-state index contributed by atoms with van der Waals surface area (Å²) in [6.07, 6.45) is 7.00. The van der Waals surface area contributed by atoms with E-state index >= 15 is 0 Å². The highest BCUT2D eigenvalue weighted by atomic mass is 15.3. The quantitative estimate of drug-likeness (QED) is 0.628. The Kier molecular flexibility index (Phi) is 3.55. The number of aryl methyl sites for hydroxylation is 1. The molecule has 5 heteroatoms. The fourth-order valence-corrected chi connectivity index (χ4v) is 3.05. The lowest BCUT2D eigenvalue weighted by Crippen LogP contribution is -2.35. The largest absolute Gasteiger partial charge is 0.341 e. The minimum atomic E-state index is 0.820. The standard InChI is InChI=1S/C14H23N5/c1-10-6-8-19(9-7-10)14-16-12-5-3-2-4-11(12)13(17-14)18-15/h10H,2-9,15H2,1H3,(H,16,17,18). The van der Waals surface area contributed by atoms with Crippen LogP contribution >= 0.6 is 0 Å². The Bertz CT molecular complexity index is 434. The normalized spacial score (nSPS) is 20.2. The zero-order valence-electron chi connectivity index (χ0n) is 11.7. The Hall–Kier alpha value is -1.36. The predicted octanol–water partition coefficient (Wildman–Crippen LogP) is 1.88. The molecule has 1 aromatic heterocycles. The van der Waals surface area contributed by atoms with Crippen LogP contribution in [0.1, 0.15) is 43.9 Å². The zero-order valence-corrected chi connectivity index (χ0v) is 11.7. The molecule has 0 aromatic carbocycles. The van der Waals surface area contributed by atoms with Crippen LogP contribution in [-0.4, -0.2) is 23.1 Å². The van der Waals surface area contributed by atoms with Gasteiger partial charge in [-0.15, -0.1) is 0 Å². The fraction of sp³-hybridized carbons (Fsp3) is 0.714. The molecular formula is C14H23N5. The summed E-state index contributed by atoms with van der Waals surface area (Å²) in [7, 11) is 0. The Morgan fingerprint density at radius 2 is 1.89 bits per heavy atom. The van der Waals surface area contributed by atoms with E-state index in [0.717, 1.165) is 43.6 Å². The van der Waals surface area contributed by atoms with Gasteiger partial charge in [0.15, 0.2) is 0 Å². The third kappa shape index (κ3) is 2.52. The van der Waals surface area contributed by atoms with Crippen molar-refractivity contribution in [1.29, 1.82) is 0 Å². The first-order valence-electron chi connectivity index (χ1n) is 7.39. The van der Waals surface area contributed by atoms with Gasteiger partial charge in [-0.2, -0.15) is 4.98 Å². The molecule has 1 aliphatic heterocycles. The molecule has 0 radical (unpaired) electrons. The maximum atomic E-state index is 5.64. The predicted molar refractivity (Wildman–Crippen MR) is 77.1 cm³/mol. The molecule has 19 heavy (non-hydrogen) atoms. The minimum absolute atomic E-state index is 0.820. The smallest absolute Gasteiger partial charge is 0.227 e. The van der Waals surface area contributed by atoms with Crippen molar-refractivity contribution in [2.45, 2.75) is 45.4 Å². The SMILES string of the molecule is CC1CCN(c2nc3c(c(NN)n2)CCCC3)CC1. The third-order valence-electron chi connectivity index (χ3n) is 4.37. The van der Waals surface area contributed by atoms with E-state index in [1.54, 1.807) is 0 Å². The molecule has 1 fully saturated rings. The van der Waals surface area contributed by atoms with Crippen molar-refractivity contribution >= 4 is 11.8 Å². The summed E-state index contributed by atoms with van der Waals surface area (Å²) in [5, 5.41) is 0. The molecular weight excluding hydrogens is 238 g/mol. The number of nitrogens with zero attached hydrogens (tertiary/aromatic N) is 3. The average Bonchev–Trinajstić information content (AvgIpc) is 2.47. The first-order chi connectivity index (χ1) is 9.28. The summed E-state index contributed by atoms with van der Waals surface area (Å²) in [6, 6.07) is 0. The summed E-state index contributed by atoms with van der Waals surface area (Å²) >= 11 is 0. The van der Waals surface area contributed by atoms with Crippen molar-refractivity contribution in [3.8, 4) is 0 Å². The van der Waals surface area contributed by atoms with E-state index in [2.05, 4.69) is 22.2 Å². The molecule has 0 saturated carbocycles. The number of anilines is 2. The maximum Gasteiger partial charge on any atom is 0.227 e. The molecule has 3 N–H and O–H groups in total. The first-order valence-corrected chi connectivity index (χ1v) is 7.39. The van der Waals surface area contributed by atoms with Gasteiger partial charge in [0.2, 0.25) is 5.95 Å². The second kappa shape index (κ2) is 5.33. The van der Waals surface area contributed by atoms with E-state index in [9.17, 15) is 0 Å². The average molecular weight is 261 g/mol. The number of nitrogens with one attached hydrogen (secondary N) is 1. The van der Waals surface area contributed by atoms with Crippen molar-refractivity contribution in [2.75, 3.05) is 23.4 Å². The van der Waals surface area contributed by atoms with Gasteiger partial charge >= 0.3 is 0 Å². The van der Waals surface area contributed by atoms with Crippen LogP contribution in [0.15, 0.2) is 0 Å². The van der Waals surface area contributed by atoms with Gasteiger partial charge in [0.25, 0.3) is 0 Å². The number of nitrogen functional groups attached to an aromatic ring is 1. The minimum Gasteiger partial charge on any atom is -0.341 e. The van der Waals surface area contributed by atoms with Crippen LogP contribution < -0.4 is 16.2 Å². The molecule has 3 rings (SSSR count). The molecule has 1 aliphatic carbocycles. The zero-order chi connectivity index (χ0) is 13.2. The second-order valence-corrected chi connectivity index (χ2v) is 5.82. The summed E-state index contributed by atoms with van der Waals surface area (Å²) in [4.78, 5) is 11.7. The van der Waals surface area contributed by atoms with Crippen LogP contribution in [0.2, 0.25) is 0 Å². The first kappa shape index (κ1) is 12.7. The van der Waals surface area contributed by atoms with Gasteiger partial charge in [-0.1, -0.05) is 6.92 Å². The van der Waals surface area contributed by atoms with Crippen LogP contribution in [0, 0.1) is 5.92 Å². The second-order valence-electron chi connectivity index (χ2n) is 5.82. The summed E-state index contributed by atoms with van der Waals surface area (Å²) in [6.45, 7) is 4.44. The van der Waals surface area contributed by atoms with Gasteiger partial charge in [-0.3, -0.25) is 0 Å². The molecule has 0 bridgehead atoms. The summed E-state index contributed by atoms with van der Waals surface area (Å²) < 4.78 is 0. The molecule has 5 nitrogen and oxygen atoms in total. The summed E-state index contributed by atoms with van der Waals surface area (Å²) in [5.74, 6) is 8.15. The lowest BCUT2D eigenvalue weighted by atomic mass is 9.96. The van der Waals surface area contributed by atoms with Crippen LogP contribution in [0.25, 0.3) is 0 Å². The van der Waals surface area contributed by atoms with Crippen molar-refractivity contribution in [3.05, 3.63) is 11.3 Å². The molecule has 104 valence electrons. The number of rotatable bonds is 2. The molecule has 1 aromatic rings. The number of hydrogen-bond donors (Lipinski definition) is 2. The Morgan fingerprint density at radius 3 is 2.63 bits per heavy atom. The van der Waals surface area contributed by atoms with E-state index in [0.29, 0.717) is 0 Å². The van der Waals surface area contributed by atoms with Crippen LogP contribution in [0.3, 0.4) is 0 Å². The van der Waals surface area contributed by atoms with Crippen molar-refractivity contribution < 1.29 is 0 Å². The highest BCUT2D eigenvalue weighted by Crippen LogP contribution is 2.28. The van der Waals surface area contributed by atoms with Gasteiger partial charge in [0.1, 0.15) is 5.82 Å². The molecule has 0 amide bonds. The van der Waals surface area contributed by atoms with Gasteiger partial charge in [0.05, 0.1) is 5.69 Å².